The summed E-state index contributed by atoms with van der Waals surface area (Å²) in [4.78, 5) is 26.5. The van der Waals surface area contributed by atoms with E-state index in [1.54, 1.807) is 12.4 Å². The third-order valence-corrected chi connectivity index (χ3v) is 7.77. The van der Waals surface area contributed by atoms with Gasteiger partial charge in [0.25, 0.3) is 0 Å². The monoisotopic (exact) mass is 404 g/mol. The third kappa shape index (κ3) is 2.68. The quantitative estimate of drug-likeness (QED) is 0.711. The lowest BCUT2D eigenvalue weighted by Gasteiger charge is -2.60. The van der Waals surface area contributed by atoms with Gasteiger partial charge in [0.05, 0.1) is 5.41 Å². The zero-order valence-electron chi connectivity index (χ0n) is 14.5. The van der Waals surface area contributed by atoms with Crippen LogP contribution in [0.4, 0.5) is 5.95 Å². The van der Waals surface area contributed by atoms with Crippen LogP contribution in [0.5, 0.6) is 0 Å². The Morgan fingerprint density at radius 3 is 2.28 bits per heavy atom. The van der Waals surface area contributed by atoms with Crippen LogP contribution in [0, 0.1) is 17.3 Å². The van der Waals surface area contributed by atoms with Crippen molar-refractivity contribution in [3.05, 3.63) is 18.5 Å². The molecule has 6 rings (SSSR count). The number of carbonyl (C=O) groups excluding carboxylic acids is 1. The molecule has 5 fully saturated rings. The van der Waals surface area contributed by atoms with Crippen LogP contribution in [-0.4, -0.2) is 51.3 Å². The summed E-state index contributed by atoms with van der Waals surface area (Å²) in [6.07, 6.45) is 10.8. The fourth-order valence-corrected chi connectivity index (χ4v) is 7.75. The van der Waals surface area contributed by atoms with Gasteiger partial charge in [0, 0.05) is 42.9 Å². The molecule has 4 bridgehead atoms. The molecule has 2 heterocycles. The van der Waals surface area contributed by atoms with Gasteiger partial charge in [0.1, 0.15) is 0 Å². The second-order valence-electron chi connectivity index (χ2n) is 8.72. The fourth-order valence-electron chi connectivity index (χ4n) is 6.30. The molecule has 134 valence electrons. The largest absolute Gasteiger partial charge is 0.339 e. The van der Waals surface area contributed by atoms with Gasteiger partial charge in [0.2, 0.25) is 11.9 Å². The lowest BCUT2D eigenvalue weighted by atomic mass is 9.49. The Morgan fingerprint density at radius 2 is 1.68 bits per heavy atom. The molecule has 0 spiro atoms. The Bertz CT molecular complexity index is 659. The second-order valence-corrected chi connectivity index (χ2v) is 10.4. The Balaban J connectivity index is 1.30. The topological polar surface area (TPSA) is 49.3 Å². The van der Waals surface area contributed by atoms with E-state index in [0.29, 0.717) is 5.91 Å². The molecule has 5 aliphatic rings. The molecule has 0 N–H and O–H groups in total. The van der Waals surface area contributed by atoms with Gasteiger partial charge in [-0.25, -0.2) is 9.97 Å². The molecule has 1 aromatic heterocycles. The molecular weight excluding hydrogens is 380 g/mol. The zero-order valence-corrected chi connectivity index (χ0v) is 16.1. The first-order valence-electron chi connectivity index (χ1n) is 9.56. The summed E-state index contributed by atoms with van der Waals surface area (Å²) in [6.45, 7) is 3.25. The van der Waals surface area contributed by atoms with Gasteiger partial charge in [-0.15, -0.1) is 0 Å². The highest BCUT2D eigenvalue weighted by Crippen LogP contribution is 2.64. The van der Waals surface area contributed by atoms with Crippen molar-refractivity contribution in [1.29, 1.82) is 0 Å². The first kappa shape index (κ1) is 16.0. The summed E-state index contributed by atoms with van der Waals surface area (Å²) in [7, 11) is 0. The van der Waals surface area contributed by atoms with Crippen molar-refractivity contribution in [3.63, 3.8) is 0 Å². The summed E-state index contributed by atoms with van der Waals surface area (Å²) < 4.78 is 0.243. The molecule has 1 aliphatic heterocycles. The van der Waals surface area contributed by atoms with Crippen LogP contribution < -0.4 is 4.90 Å². The summed E-state index contributed by atoms with van der Waals surface area (Å²) in [5.74, 6) is 2.72. The van der Waals surface area contributed by atoms with E-state index in [4.69, 9.17) is 0 Å². The maximum Gasteiger partial charge on any atom is 0.228 e. The normalized spacial score (nSPS) is 39.7. The van der Waals surface area contributed by atoms with E-state index in [0.717, 1.165) is 63.2 Å². The van der Waals surface area contributed by atoms with Crippen molar-refractivity contribution in [1.82, 2.24) is 14.9 Å². The molecule has 2 atom stereocenters. The van der Waals surface area contributed by atoms with Gasteiger partial charge in [-0.3, -0.25) is 4.79 Å². The van der Waals surface area contributed by atoms with Gasteiger partial charge >= 0.3 is 0 Å². The Morgan fingerprint density at radius 1 is 1.04 bits per heavy atom. The molecule has 4 aliphatic carbocycles. The lowest BCUT2D eigenvalue weighted by Crippen LogP contribution is -2.61. The highest BCUT2D eigenvalue weighted by Gasteiger charge is 2.60. The van der Waals surface area contributed by atoms with E-state index in [2.05, 4.69) is 35.7 Å². The molecule has 25 heavy (non-hydrogen) atoms. The molecule has 5 nitrogen and oxygen atoms in total. The average Bonchev–Trinajstić information content (AvgIpc) is 2.60. The van der Waals surface area contributed by atoms with Crippen molar-refractivity contribution in [2.45, 2.75) is 42.8 Å². The second kappa shape index (κ2) is 5.66. The van der Waals surface area contributed by atoms with Crippen LogP contribution in [0.15, 0.2) is 18.5 Å². The Labute approximate surface area is 157 Å². The average molecular weight is 405 g/mol. The number of hydrogen-bond acceptors (Lipinski definition) is 4. The number of carbonyl (C=O) groups is 1. The molecule has 0 radical (unpaired) electrons. The van der Waals surface area contributed by atoms with Crippen molar-refractivity contribution in [2.75, 3.05) is 31.1 Å². The maximum absolute atomic E-state index is 13.5. The van der Waals surface area contributed by atoms with Crippen LogP contribution in [0.2, 0.25) is 0 Å². The van der Waals surface area contributed by atoms with E-state index < -0.39 is 0 Å². The summed E-state index contributed by atoms with van der Waals surface area (Å²) in [6, 6.07) is 1.84. The summed E-state index contributed by atoms with van der Waals surface area (Å²) in [5.41, 5.74) is -0.0843. The minimum Gasteiger partial charge on any atom is -0.339 e. The first-order chi connectivity index (χ1) is 12.1. The summed E-state index contributed by atoms with van der Waals surface area (Å²) >= 11 is 4.03. The number of amides is 1. The van der Waals surface area contributed by atoms with E-state index in [9.17, 15) is 4.79 Å². The number of piperazine rings is 1. The van der Waals surface area contributed by atoms with Gasteiger partial charge < -0.3 is 9.80 Å². The summed E-state index contributed by atoms with van der Waals surface area (Å²) in [5, 5.41) is 0. The van der Waals surface area contributed by atoms with Gasteiger partial charge in [0.15, 0.2) is 0 Å². The van der Waals surface area contributed by atoms with Crippen LogP contribution >= 0.6 is 15.9 Å². The minimum atomic E-state index is -0.0843. The van der Waals surface area contributed by atoms with E-state index in [1.807, 2.05) is 6.07 Å². The number of halogens is 1. The molecular formula is C19H25BrN4O. The number of hydrogen-bond donors (Lipinski definition) is 0. The van der Waals surface area contributed by atoms with Gasteiger partial charge in [-0.2, -0.15) is 0 Å². The molecule has 1 saturated heterocycles. The smallest absolute Gasteiger partial charge is 0.228 e. The van der Waals surface area contributed by atoms with Gasteiger partial charge in [-0.05, 0) is 56.4 Å². The molecule has 6 heteroatoms. The Hall–Kier alpha value is -1.17. The predicted octanol–water partition coefficient (Wildman–Crippen LogP) is 2.86. The van der Waals surface area contributed by atoms with Crippen LogP contribution in [0.25, 0.3) is 0 Å². The molecule has 0 aromatic carbocycles. The van der Waals surface area contributed by atoms with Crippen molar-refractivity contribution in [2.24, 2.45) is 17.3 Å². The number of rotatable bonds is 2. The third-order valence-electron chi connectivity index (χ3n) is 6.85. The fraction of sp³-hybridized carbons (Fsp3) is 0.737. The molecule has 4 saturated carbocycles. The number of alkyl halides is 1. The maximum atomic E-state index is 13.5. The van der Waals surface area contributed by atoms with E-state index >= 15 is 0 Å². The molecule has 1 amide bonds. The minimum absolute atomic E-state index is 0.0843. The SMILES string of the molecule is O=C(N1CCN(c2ncccn2)CC1)C12CC3CC(CC(Br)(C3)C1)C2. The molecule has 2 unspecified atom stereocenters. The van der Waals surface area contributed by atoms with E-state index in [-0.39, 0.29) is 9.74 Å². The zero-order chi connectivity index (χ0) is 17.1. The predicted molar refractivity (Wildman–Crippen MR) is 99.6 cm³/mol. The van der Waals surface area contributed by atoms with Crippen molar-refractivity contribution < 1.29 is 4.79 Å². The van der Waals surface area contributed by atoms with Gasteiger partial charge in [-0.1, -0.05) is 15.9 Å². The van der Waals surface area contributed by atoms with Crippen molar-refractivity contribution >= 4 is 27.8 Å². The number of anilines is 1. The highest BCUT2D eigenvalue weighted by molar-refractivity contribution is 9.10. The van der Waals surface area contributed by atoms with Crippen LogP contribution in [-0.2, 0) is 4.79 Å². The Kier molecular flexibility index (Phi) is 3.63. The standard InChI is InChI=1S/C19H25BrN4O/c20-19-11-14-8-15(12-19)10-18(9-14,13-19)16(25)23-4-6-24(7-5-23)17-21-2-1-3-22-17/h1-3,14-15H,4-13H2. The first-order valence-corrected chi connectivity index (χ1v) is 10.3. The highest BCUT2D eigenvalue weighted by atomic mass is 79.9. The van der Waals surface area contributed by atoms with Crippen LogP contribution in [0.3, 0.4) is 0 Å². The van der Waals surface area contributed by atoms with Crippen LogP contribution in [0.1, 0.15) is 38.5 Å². The number of aromatic nitrogens is 2. The number of nitrogens with zero attached hydrogens (tertiary/aromatic N) is 4. The molecule has 1 aromatic rings. The van der Waals surface area contributed by atoms with E-state index in [1.165, 1.54) is 19.3 Å². The lowest BCUT2D eigenvalue weighted by molar-refractivity contribution is -0.155. The van der Waals surface area contributed by atoms with Crippen molar-refractivity contribution in [3.8, 4) is 0 Å².